The van der Waals surface area contributed by atoms with Gasteiger partial charge in [-0.1, -0.05) is 24.3 Å². The molecule has 2 aliphatic rings. The van der Waals surface area contributed by atoms with Crippen LogP contribution in [-0.2, 0) is 32.7 Å². The highest BCUT2D eigenvalue weighted by atomic mass is 16.2. The predicted octanol–water partition coefficient (Wildman–Crippen LogP) is 2.55. The van der Waals surface area contributed by atoms with E-state index in [0.717, 1.165) is 56.2 Å². The Bertz CT molecular complexity index is 882. The summed E-state index contributed by atoms with van der Waals surface area (Å²) in [4.78, 5) is 25.4. The molecule has 0 saturated heterocycles. The van der Waals surface area contributed by atoms with Crippen molar-refractivity contribution in [2.24, 2.45) is 7.05 Å². The van der Waals surface area contributed by atoms with Crippen LogP contribution < -0.4 is 10.9 Å². The van der Waals surface area contributed by atoms with Crippen LogP contribution in [0, 0.1) is 0 Å². The molecule has 1 heterocycles. The van der Waals surface area contributed by atoms with Gasteiger partial charge in [-0.05, 0) is 67.7 Å². The van der Waals surface area contributed by atoms with Gasteiger partial charge in [0.2, 0.25) is 0 Å². The number of carbonyl (C=O) groups is 1. The molecule has 0 unspecified atom stereocenters. The van der Waals surface area contributed by atoms with Gasteiger partial charge in [-0.15, -0.1) is 0 Å². The molecule has 1 amide bonds. The quantitative estimate of drug-likeness (QED) is 0.916. The molecule has 2 aliphatic carbocycles. The lowest BCUT2D eigenvalue weighted by molar-refractivity contribution is 0.0931. The Morgan fingerprint density at radius 2 is 1.84 bits per heavy atom. The van der Waals surface area contributed by atoms with Crippen LogP contribution in [0.2, 0.25) is 0 Å². The fourth-order valence-corrected chi connectivity index (χ4v) is 4.24. The monoisotopic (exact) mass is 336 g/mol. The number of carbonyl (C=O) groups excluding carboxylic acids is 1. The van der Waals surface area contributed by atoms with E-state index >= 15 is 0 Å². The van der Waals surface area contributed by atoms with Gasteiger partial charge in [-0.25, -0.2) is 0 Å². The highest BCUT2D eigenvalue weighted by Crippen LogP contribution is 2.22. The maximum absolute atomic E-state index is 12.8. The molecule has 25 heavy (non-hydrogen) atoms. The fourth-order valence-electron chi connectivity index (χ4n) is 4.24. The first-order valence-electron chi connectivity index (χ1n) is 9.23. The molecule has 0 spiro atoms. The zero-order chi connectivity index (χ0) is 17.4. The van der Waals surface area contributed by atoms with Crippen molar-refractivity contribution in [1.29, 1.82) is 0 Å². The minimum Gasteiger partial charge on any atom is -0.349 e. The molecule has 0 aliphatic heterocycles. The first-order valence-corrected chi connectivity index (χ1v) is 9.23. The average Bonchev–Trinajstić information content (AvgIpc) is 2.64. The number of benzene rings is 1. The van der Waals surface area contributed by atoms with Crippen molar-refractivity contribution in [3.63, 3.8) is 0 Å². The number of hydrogen-bond donors (Lipinski definition) is 1. The van der Waals surface area contributed by atoms with Crippen LogP contribution in [0.4, 0.5) is 0 Å². The van der Waals surface area contributed by atoms with Gasteiger partial charge in [0.1, 0.15) is 5.56 Å². The number of pyridine rings is 1. The molecular formula is C21H24N2O2. The minimum absolute atomic E-state index is 0.100. The zero-order valence-electron chi connectivity index (χ0n) is 14.7. The molecule has 130 valence electrons. The van der Waals surface area contributed by atoms with Gasteiger partial charge < -0.3 is 9.88 Å². The largest absolute Gasteiger partial charge is 0.349 e. The number of nitrogens with one attached hydrogen (secondary N) is 1. The van der Waals surface area contributed by atoms with Crippen LogP contribution in [0.1, 0.15) is 52.0 Å². The Morgan fingerprint density at radius 3 is 2.68 bits per heavy atom. The van der Waals surface area contributed by atoms with E-state index in [9.17, 15) is 9.59 Å². The van der Waals surface area contributed by atoms with Crippen molar-refractivity contribution in [3.8, 4) is 0 Å². The van der Waals surface area contributed by atoms with E-state index in [0.29, 0.717) is 5.56 Å². The summed E-state index contributed by atoms with van der Waals surface area (Å²) in [5, 5.41) is 3.10. The summed E-state index contributed by atoms with van der Waals surface area (Å²) in [6.07, 6.45) is 6.88. The Morgan fingerprint density at radius 1 is 1.08 bits per heavy atom. The third kappa shape index (κ3) is 3.01. The van der Waals surface area contributed by atoms with Gasteiger partial charge in [-0.2, -0.15) is 0 Å². The van der Waals surface area contributed by atoms with E-state index in [1.54, 1.807) is 11.6 Å². The Balaban J connectivity index is 1.56. The number of aryl methyl sites for hydroxylation is 2. The lowest BCUT2D eigenvalue weighted by Gasteiger charge is -2.26. The van der Waals surface area contributed by atoms with Crippen molar-refractivity contribution < 1.29 is 4.79 Å². The van der Waals surface area contributed by atoms with Crippen LogP contribution in [-0.4, -0.2) is 16.5 Å². The SMILES string of the molecule is Cn1c2c(cc(C(=O)N[C@H]3CCc4ccccc4C3)c1=O)CCCC2. The first-order chi connectivity index (χ1) is 12.1. The minimum atomic E-state index is -0.224. The molecule has 0 radical (unpaired) electrons. The number of fused-ring (bicyclic) bond motifs is 2. The van der Waals surface area contributed by atoms with E-state index in [-0.39, 0.29) is 17.5 Å². The van der Waals surface area contributed by atoms with E-state index in [4.69, 9.17) is 0 Å². The van der Waals surface area contributed by atoms with E-state index < -0.39 is 0 Å². The summed E-state index contributed by atoms with van der Waals surface area (Å²) < 4.78 is 1.68. The molecule has 1 aromatic heterocycles. The van der Waals surface area contributed by atoms with E-state index in [2.05, 4.69) is 23.5 Å². The maximum atomic E-state index is 12.8. The van der Waals surface area contributed by atoms with Gasteiger partial charge >= 0.3 is 0 Å². The molecular weight excluding hydrogens is 312 g/mol. The first kappa shape index (κ1) is 16.1. The maximum Gasteiger partial charge on any atom is 0.263 e. The summed E-state index contributed by atoms with van der Waals surface area (Å²) >= 11 is 0. The number of amides is 1. The Labute approximate surface area is 147 Å². The van der Waals surface area contributed by atoms with Crippen LogP contribution in [0.25, 0.3) is 0 Å². The third-order valence-electron chi connectivity index (χ3n) is 5.67. The Hall–Kier alpha value is -2.36. The van der Waals surface area contributed by atoms with Crippen molar-refractivity contribution in [1.82, 2.24) is 9.88 Å². The number of rotatable bonds is 2. The summed E-state index contributed by atoms with van der Waals surface area (Å²) in [6.45, 7) is 0. The molecule has 1 N–H and O–H groups in total. The van der Waals surface area contributed by atoms with Crippen LogP contribution >= 0.6 is 0 Å². The standard InChI is InChI=1S/C21H24N2O2/c1-23-19-9-5-4-8-16(19)13-18(21(23)25)20(24)22-17-11-10-14-6-2-3-7-15(14)12-17/h2-3,6-7,13,17H,4-5,8-12H2,1H3,(H,22,24)/t17-/m0/s1. The summed E-state index contributed by atoms with van der Waals surface area (Å²) in [5.74, 6) is -0.224. The van der Waals surface area contributed by atoms with E-state index in [1.165, 1.54) is 11.1 Å². The van der Waals surface area contributed by atoms with Gasteiger partial charge in [0, 0.05) is 18.8 Å². The molecule has 1 atom stereocenters. The normalized spacial score (nSPS) is 19.0. The molecule has 0 saturated carbocycles. The molecule has 2 aromatic rings. The summed E-state index contributed by atoms with van der Waals surface area (Å²) in [6, 6.07) is 10.3. The fraction of sp³-hybridized carbons (Fsp3) is 0.429. The van der Waals surface area contributed by atoms with Gasteiger partial charge in [0.25, 0.3) is 11.5 Å². The average molecular weight is 336 g/mol. The van der Waals surface area contributed by atoms with Gasteiger partial charge in [-0.3, -0.25) is 9.59 Å². The predicted molar refractivity (Wildman–Crippen MR) is 98.0 cm³/mol. The molecule has 1 aromatic carbocycles. The van der Waals surface area contributed by atoms with Crippen LogP contribution in [0.5, 0.6) is 0 Å². The second-order valence-electron chi connectivity index (χ2n) is 7.28. The number of nitrogens with zero attached hydrogens (tertiary/aromatic N) is 1. The van der Waals surface area contributed by atoms with Crippen molar-refractivity contribution in [2.45, 2.75) is 51.0 Å². The second kappa shape index (κ2) is 6.51. The zero-order valence-corrected chi connectivity index (χ0v) is 14.7. The van der Waals surface area contributed by atoms with Crippen molar-refractivity contribution in [3.05, 3.63) is 68.6 Å². The topological polar surface area (TPSA) is 51.1 Å². The van der Waals surface area contributed by atoms with Crippen molar-refractivity contribution >= 4 is 5.91 Å². The molecule has 4 heteroatoms. The highest BCUT2D eigenvalue weighted by molar-refractivity contribution is 5.94. The van der Waals surface area contributed by atoms with E-state index in [1.807, 2.05) is 12.1 Å². The molecule has 0 fully saturated rings. The van der Waals surface area contributed by atoms with Crippen molar-refractivity contribution in [2.75, 3.05) is 0 Å². The molecule has 0 bridgehead atoms. The van der Waals surface area contributed by atoms with Gasteiger partial charge in [0.15, 0.2) is 0 Å². The third-order valence-corrected chi connectivity index (χ3v) is 5.67. The van der Waals surface area contributed by atoms with Crippen LogP contribution in [0.3, 0.4) is 0 Å². The lowest BCUT2D eigenvalue weighted by atomic mass is 9.88. The smallest absolute Gasteiger partial charge is 0.263 e. The van der Waals surface area contributed by atoms with Gasteiger partial charge in [0.05, 0.1) is 0 Å². The number of hydrogen-bond acceptors (Lipinski definition) is 2. The second-order valence-corrected chi connectivity index (χ2v) is 7.28. The Kier molecular flexibility index (Phi) is 4.20. The molecule has 4 rings (SSSR count). The summed E-state index contributed by atoms with van der Waals surface area (Å²) in [5.41, 5.74) is 5.05. The molecule has 4 nitrogen and oxygen atoms in total. The highest BCUT2D eigenvalue weighted by Gasteiger charge is 2.24. The lowest BCUT2D eigenvalue weighted by Crippen LogP contribution is -2.42. The summed E-state index contributed by atoms with van der Waals surface area (Å²) in [7, 11) is 1.79. The van der Waals surface area contributed by atoms with Crippen LogP contribution in [0.15, 0.2) is 35.1 Å². The number of aromatic nitrogens is 1.